The van der Waals surface area contributed by atoms with Crippen LogP contribution in [0.1, 0.15) is 33.1 Å². The van der Waals surface area contributed by atoms with Crippen molar-refractivity contribution in [2.24, 2.45) is 11.7 Å². The molecular formula is C9H17F2N. The van der Waals surface area contributed by atoms with Crippen molar-refractivity contribution in [1.82, 2.24) is 0 Å². The Morgan fingerprint density at radius 1 is 1.42 bits per heavy atom. The van der Waals surface area contributed by atoms with Gasteiger partial charge in [-0.25, -0.2) is 8.78 Å². The largest absolute Gasteiger partial charge is 0.328 e. The minimum absolute atomic E-state index is 0.178. The minimum Gasteiger partial charge on any atom is -0.328 e. The van der Waals surface area contributed by atoms with E-state index in [1.54, 1.807) is 6.92 Å². The number of hydrogen-bond donors (Lipinski definition) is 1. The van der Waals surface area contributed by atoms with Crippen molar-refractivity contribution >= 4 is 0 Å². The van der Waals surface area contributed by atoms with E-state index >= 15 is 0 Å². The van der Waals surface area contributed by atoms with Gasteiger partial charge in [0.25, 0.3) is 0 Å². The van der Waals surface area contributed by atoms with Crippen LogP contribution in [-0.2, 0) is 0 Å². The molecule has 3 heteroatoms. The molecule has 0 saturated heterocycles. The lowest BCUT2D eigenvalue weighted by Crippen LogP contribution is -2.36. The van der Waals surface area contributed by atoms with Gasteiger partial charge in [-0.2, -0.15) is 0 Å². The quantitative estimate of drug-likeness (QED) is 0.564. The van der Waals surface area contributed by atoms with Crippen LogP contribution in [0.4, 0.5) is 8.78 Å². The molecule has 12 heavy (non-hydrogen) atoms. The van der Waals surface area contributed by atoms with Crippen molar-refractivity contribution in [2.75, 3.05) is 0 Å². The van der Waals surface area contributed by atoms with E-state index in [1.807, 2.05) is 0 Å². The van der Waals surface area contributed by atoms with Crippen molar-refractivity contribution in [2.45, 2.75) is 51.0 Å². The molecule has 1 rings (SSSR count). The van der Waals surface area contributed by atoms with Crippen LogP contribution in [0.3, 0.4) is 0 Å². The fraction of sp³-hybridized carbons (Fsp3) is 1.00. The second kappa shape index (κ2) is 3.29. The molecule has 3 unspecified atom stereocenters. The van der Waals surface area contributed by atoms with Crippen molar-refractivity contribution in [3.05, 3.63) is 0 Å². The lowest BCUT2D eigenvalue weighted by molar-refractivity contribution is 0.0543. The predicted octanol–water partition coefficient (Wildman–Crippen LogP) is 2.20. The number of alkyl halides is 2. The smallest absolute Gasteiger partial charge is 0.115 e. The Morgan fingerprint density at radius 3 is 2.58 bits per heavy atom. The Bertz CT molecular complexity index is 159. The van der Waals surface area contributed by atoms with Gasteiger partial charge in [-0.05, 0) is 26.2 Å². The molecule has 0 aromatic carbocycles. The van der Waals surface area contributed by atoms with Crippen LogP contribution in [0.15, 0.2) is 0 Å². The third-order valence-corrected chi connectivity index (χ3v) is 2.97. The highest BCUT2D eigenvalue weighted by Gasteiger charge is 2.40. The van der Waals surface area contributed by atoms with Gasteiger partial charge in [0.2, 0.25) is 0 Å². The first kappa shape index (κ1) is 9.90. The second-order valence-corrected chi connectivity index (χ2v) is 4.12. The second-order valence-electron chi connectivity index (χ2n) is 4.12. The normalized spacial score (nSPS) is 50.2. The van der Waals surface area contributed by atoms with Crippen LogP contribution >= 0.6 is 0 Å². The Hall–Kier alpha value is -0.180. The highest BCUT2D eigenvalue weighted by atomic mass is 19.2. The molecule has 1 nitrogen and oxygen atoms in total. The monoisotopic (exact) mass is 177 g/mol. The van der Waals surface area contributed by atoms with Gasteiger partial charge in [-0.15, -0.1) is 0 Å². The maximum absolute atomic E-state index is 13.7. The van der Waals surface area contributed by atoms with E-state index in [9.17, 15) is 8.78 Å². The van der Waals surface area contributed by atoms with Gasteiger partial charge in [-0.1, -0.05) is 6.92 Å². The molecule has 1 saturated carbocycles. The summed E-state index contributed by atoms with van der Waals surface area (Å²) in [5.74, 6) is -0.522. The van der Waals surface area contributed by atoms with Crippen LogP contribution in [0.25, 0.3) is 0 Å². The summed E-state index contributed by atoms with van der Waals surface area (Å²) in [5, 5.41) is 0. The van der Waals surface area contributed by atoms with Gasteiger partial charge in [0.05, 0.1) is 0 Å². The molecule has 0 aromatic rings. The van der Waals surface area contributed by atoms with Crippen molar-refractivity contribution in [3.8, 4) is 0 Å². The summed E-state index contributed by atoms with van der Waals surface area (Å²) in [7, 11) is 0. The average Bonchev–Trinajstić information content (AvgIpc) is 2.03. The van der Waals surface area contributed by atoms with Gasteiger partial charge >= 0.3 is 0 Å². The summed E-state index contributed by atoms with van der Waals surface area (Å²) in [6, 6.07) is -0.178. The molecule has 2 N–H and O–H groups in total. The Balaban J connectivity index is 2.72. The standard InChI is InChI=1S/C9H17F2N/c1-6-8(10)4-3-7(12)5-9(6,2)11/h6-8H,3-5,12H2,1-2H3/t6-,7?,8?,9?/m0/s1. The Labute approximate surface area is 72.3 Å². The van der Waals surface area contributed by atoms with Crippen LogP contribution in [0.5, 0.6) is 0 Å². The van der Waals surface area contributed by atoms with E-state index in [-0.39, 0.29) is 12.5 Å². The molecular weight excluding hydrogens is 160 g/mol. The lowest BCUT2D eigenvalue weighted by Gasteiger charge is -2.28. The summed E-state index contributed by atoms with van der Waals surface area (Å²) in [6.07, 6.45) is 0.259. The highest BCUT2D eigenvalue weighted by molar-refractivity contribution is 4.91. The van der Waals surface area contributed by atoms with Gasteiger partial charge in [0.15, 0.2) is 0 Å². The van der Waals surface area contributed by atoms with Gasteiger partial charge in [0, 0.05) is 12.0 Å². The molecule has 1 aliphatic rings. The molecule has 0 radical (unpaired) electrons. The van der Waals surface area contributed by atoms with Crippen molar-refractivity contribution in [3.63, 3.8) is 0 Å². The average molecular weight is 177 g/mol. The zero-order chi connectivity index (χ0) is 9.35. The number of hydrogen-bond acceptors (Lipinski definition) is 1. The maximum atomic E-state index is 13.7. The molecule has 0 spiro atoms. The third-order valence-electron chi connectivity index (χ3n) is 2.97. The molecule has 72 valence electrons. The Morgan fingerprint density at radius 2 is 2.00 bits per heavy atom. The zero-order valence-corrected chi connectivity index (χ0v) is 7.69. The summed E-state index contributed by atoms with van der Waals surface area (Å²) in [6.45, 7) is 3.08. The fourth-order valence-corrected chi connectivity index (χ4v) is 1.80. The molecule has 1 fully saturated rings. The minimum atomic E-state index is -1.44. The summed E-state index contributed by atoms with van der Waals surface area (Å²) < 4.78 is 26.9. The maximum Gasteiger partial charge on any atom is 0.115 e. The number of rotatable bonds is 0. The summed E-state index contributed by atoms with van der Waals surface area (Å²) >= 11 is 0. The fourth-order valence-electron chi connectivity index (χ4n) is 1.80. The Kier molecular flexibility index (Phi) is 2.71. The molecule has 1 aliphatic carbocycles. The summed E-state index contributed by atoms with van der Waals surface area (Å²) in [5.41, 5.74) is 4.19. The summed E-state index contributed by atoms with van der Waals surface area (Å²) in [4.78, 5) is 0. The number of nitrogens with two attached hydrogens (primary N) is 1. The van der Waals surface area contributed by atoms with Crippen molar-refractivity contribution in [1.29, 1.82) is 0 Å². The van der Waals surface area contributed by atoms with Crippen LogP contribution in [-0.4, -0.2) is 17.9 Å². The molecule has 4 atom stereocenters. The lowest BCUT2D eigenvalue weighted by atomic mass is 9.86. The first-order valence-corrected chi connectivity index (χ1v) is 4.52. The van der Waals surface area contributed by atoms with Crippen molar-refractivity contribution < 1.29 is 8.78 Å². The van der Waals surface area contributed by atoms with E-state index < -0.39 is 17.8 Å². The SMILES string of the molecule is C[C@H]1C(F)CCC(N)CC1(C)F. The van der Waals surface area contributed by atoms with Crippen LogP contribution < -0.4 is 5.73 Å². The van der Waals surface area contributed by atoms with E-state index in [1.165, 1.54) is 6.92 Å². The van der Waals surface area contributed by atoms with E-state index in [0.717, 1.165) is 0 Å². The number of halogens is 2. The molecule has 0 aromatic heterocycles. The molecule has 0 amide bonds. The van der Waals surface area contributed by atoms with E-state index in [4.69, 9.17) is 5.73 Å². The predicted molar refractivity (Wildman–Crippen MR) is 45.4 cm³/mol. The molecule has 0 aliphatic heterocycles. The molecule has 0 bridgehead atoms. The van der Waals surface area contributed by atoms with E-state index in [0.29, 0.717) is 12.8 Å². The van der Waals surface area contributed by atoms with Crippen LogP contribution in [0, 0.1) is 5.92 Å². The van der Waals surface area contributed by atoms with Gasteiger partial charge in [0.1, 0.15) is 11.8 Å². The first-order chi connectivity index (χ1) is 5.43. The van der Waals surface area contributed by atoms with E-state index in [2.05, 4.69) is 0 Å². The highest BCUT2D eigenvalue weighted by Crippen LogP contribution is 2.36. The first-order valence-electron chi connectivity index (χ1n) is 4.52. The zero-order valence-electron chi connectivity index (χ0n) is 7.69. The van der Waals surface area contributed by atoms with Gasteiger partial charge in [-0.3, -0.25) is 0 Å². The molecule has 0 heterocycles. The third kappa shape index (κ3) is 1.94. The van der Waals surface area contributed by atoms with Crippen LogP contribution in [0.2, 0.25) is 0 Å². The topological polar surface area (TPSA) is 26.0 Å². The van der Waals surface area contributed by atoms with Gasteiger partial charge < -0.3 is 5.73 Å².